The van der Waals surface area contributed by atoms with Crippen molar-refractivity contribution in [3.8, 4) is 0 Å². The van der Waals surface area contributed by atoms with Crippen LogP contribution in [0.5, 0.6) is 0 Å². The zero-order valence-corrected chi connectivity index (χ0v) is 16.3. The molecule has 2 amide bonds. The minimum atomic E-state index is -0.462. The first-order chi connectivity index (χ1) is 14.2. The SMILES string of the molecule is O=C(Nc1ccc(C(=O)N2CCO[C@H](CO)[C@H]2c2ccccc2)cc1)C1CCC1. The van der Waals surface area contributed by atoms with Gasteiger partial charge in [-0.05, 0) is 42.7 Å². The second-order valence-corrected chi connectivity index (χ2v) is 7.64. The number of rotatable bonds is 5. The molecule has 6 nitrogen and oxygen atoms in total. The van der Waals surface area contributed by atoms with Gasteiger partial charge in [-0.2, -0.15) is 0 Å². The Hall–Kier alpha value is -2.70. The summed E-state index contributed by atoms with van der Waals surface area (Å²) in [6.07, 6.45) is 2.55. The van der Waals surface area contributed by atoms with Crippen molar-refractivity contribution in [1.29, 1.82) is 0 Å². The number of anilines is 1. The van der Waals surface area contributed by atoms with Gasteiger partial charge in [0.15, 0.2) is 0 Å². The number of carbonyl (C=O) groups excluding carboxylic acids is 2. The maximum absolute atomic E-state index is 13.2. The third-order valence-corrected chi connectivity index (χ3v) is 5.81. The summed E-state index contributed by atoms with van der Waals surface area (Å²) in [6.45, 7) is 0.681. The summed E-state index contributed by atoms with van der Waals surface area (Å²) in [5, 5.41) is 12.7. The normalized spacial score (nSPS) is 22.0. The topological polar surface area (TPSA) is 78.9 Å². The summed E-state index contributed by atoms with van der Waals surface area (Å²) in [6, 6.07) is 16.3. The largest absolute Gasteiger partial charge is 0.394 e. The van der Waals surface area contributed by atoms with Crippen molar-refractivity contribution in [2.45, 2.75) is 31.4 Å². The summed E-state index contributed by atoms with van der Waals surface area (Å²) in [5.41, 5.74) is 2.18. The highest BCUT2D eigenvalue weighted by molar-refractivity contribution is 5.96. The highest BCUT2D eigenvalue weighted by Crippen LogP contribution is 2.31. The van der Waals surface area contributed by atoms with Crippen LogP contribution in [-0.2, 0) is 9.53 Å². The second-order valence-electron chi connectivity index (χ2n) is 7.64. The number of nitrogens with zero attached hydrogens (tertiary/aromatic N) is 1. The van der Waals surface area contributed by atoms with E-state index in [0.717, 1.165) is 24.8 Å². The first-order valence-electron chi connectivity index (χ1n) is 10.2. The van der Waals surface area contributed by atoms with Gasteiger partial charge in [-0.15, -0.1) is 0 Å². The van der Waals surface area contributed by atoms with Gasteiger partial charge >= 0.3 is 0 Å². The van der Waals surface area contributed by atoms with Crippen LogP contribution >= 0.6 is 0 Å². The van der Waals surface area contributed by atoms with Crippen LogP contribution in [0, 0.1) is 5.92 Å². The molecular weight excluding hydrogens is 368 g/mol. The van der Waals surface area contributed by atoms with Gasteiger partial charge in [-0.3, -0.25) is 9.59 Å². The molecule has 2 atom stereocenters. The molecule has 2 aromatic carbocycles. The quantitative estimate of drug-likeness (QED) is 0.817. The van der Waals surface area contributed by atoms with Crippen LogP contribution in [0.25, 0.3) is 0 Å². The molecule has 152 valence electrons. The Kier molecular flexibility index (Phi) is 5.92. The number of hydrogen-bond acceptors (Lipinski definition) is 4. The minimum Gasteiger partial charge on any atom is -0.394 e. The van der Waals surface area contributed by atoms with E-state index in [9.17, 15) is 14.7 Å². The van der Waals surface area contributed by atoms with Gasteiger partial charge in [-0.1, -0.05) is 36.8 Å². The van der Waals surface area contributed by atoms with Gasteiger partial charge in [0.25, 0.3) is 5.91 Å². The predicted octanol–water partition coefficient (Wildman–Crippen LogP) is 3.00. The molecule has 1 saturated heterocycles. The number of carbonyl (C=O) groups is 2. The van der Waals surface area contributed by atoms with E-state index in [-0.39, 0.29) is 30.4 Å². The first kappa shape index (κ1) is 19.6. The standard InChI is InChI=1S/C23H26N2O4/c26-15-20-21(16-5-2-1-3-6-16)25(13-14-29-20)23(28)18-9-11-19(12-10-18)24-22(27)17-7-4-8-17/h1-3,5-6,9-12,17,20-21,26H,4,7-8,13-15H2,(H,24,27)/t20-,21-/m1/s1. The molecule has 0 radical (unpaired) electrons. The van der Waals surface area contributed by atoms with Crippen LogP contribution in [0.3, 0.4) is 0 Å². The maximum Gasteiger partial charge on any atom is 0.254 e. The lowest BCUT2D eigenvalue weighted by Crippen LogP contribution is -2.49. The van der Waals surface area contributed by atoms with E-state index >= 15 is 0 Å². The molecule has 0 aromatic heterocycles. The van der Waals surface area contributed by atoms with E-state index in [1.165, 1.54) is 0 Å². The molecule has 0 bridgehead atoms. The zero-order valence-electron chi connectivity index (χ0n) is 16.3. The molecule has 6 heteroatoms. The first-order valence-corrected chi connectivity index (χ1v) is 10.2. The van der Waals surface area contributed by atoms with Gasteiger partial charge < -0.3 is 20.1 Å². The van der Waals surface area contributed by atoms with Crippen molar-refractivity contribution in [3.05, 3.63) is 65.7 Å². The number of aliphatic hydroxyl groups is 1. The molecule has 2 aliphatic rings. The van der Waals surface area contributed by atoms with E-state index in [4.69, 9.17) is 4.74 Å². The van der Waals surface area contributed by atoms with Gasteiger partial charge in [0, 0.05) is 23.7 Å². The maximum atomic E-state index is 13.2. The Balaban J connectivity index is 1.51. The summed E-state index contributed by atoms with van der Waals surface area (Å²) in [4.78, 5) is 27.1. The minimum absolute atomic E-state index is 0.0541. The number of benzene rings is 2. The van der Waals surface area contributed by atoms with Crippen LogP contribution in [0.1, 0.15) is 41.2 Å². The second kappa shape index (κ2) is 8.76. The molecule has 29 heavy (non-hydrogen) atoms. The van der Waals surface area contributed by atoms with Gasteiger partial charge in [0.2, 0.25) is 5.91 Å². The summed E-state index contributed by atoms with van der Waals surface area (Å²) in [5.74, 6) is 0.0580. The fourth-order valence-corrected chi connectivity index (χ4v) is 3.94. The molecule has 4 rings (SSSR count). The molecular formula is C23H26N2O4. The van der Waals surface area contributed by atoms with Crippen molar-refractivity contribution in [3.63, 3.8) is 0 Å². The predicted molar refractivity (Wildman–Crippen MR) is 109 cm³/mol. The number of hydrogen-bond donors (Lipinski definition) is 2. The molecule has 2 aromatic rings. The van der Waals surface area contributed by atoms with Crippen LogP contribution in [0.2, 0.25) is 0 Å². The van der Waals surface area contributed by atoms with Crippen LogP contribution in [-0.4, -0.2) is 47.7 Å². The highest BCUT2D eigenvalue weighted by Gasteiger charge is 2.36. The van der Waals surface area contributed by atoms with Crippen molar-refractivity contribution in [2.75, 3.05) is 25.1 Å². The number of amides is 2. The van der Waals surface area contributed by atoms with Crippen molar-refractivity contribution >= 4 is 17.5 Å². The molecule has 2 N–H and O–H groups in total. The number of aliphatic hydroxyl groups excluding tert-OH is 1. The fourth-order valence-electron chi connectivity index (χ4n) is 3.94. The summed E-state index contributed by atoms with van der Waals surface area (Å²) >= 11 is 0. The Morgan fingerprint density at radius 2 is 1.79 bits per heavy atom. The van der Waals surface area contributed by atoms with Crippen LogP contribution < -0.4 is 5.32 Å². The Bertz CT molecular complexity index is 849. The molecule has 2 fully saturated rings. The highest BCUT2D eigenvalue weighted by atomic mass is 16.5. The van der Waals surface area contributed by atoms with Gasteiger partial charge in [-0.25, -0.2) is 0 Å². The number of nitrogens with one attached hydrogen (secondary N) is 1. The Morgan fingerprint density at radius 3 is 2.41 bits per heavy atom. The smallest absolute Gasteiger partial charge is 0.254 e. The third-order valence-electron chi connectivity index (χ3n) is 5.81. The van der Waals surface area contributed by atoms with Crippen LogP contribution in [0.15, 0.2) is 54.6 Å². The average Bonchev–Trinajstić information content (AvgIpc) is 2.72. The monoisotopic (exact) mass is 394 g/mol. The molecule has 1 saturated carbocycles. The lowest BCUT2D eigenvalue weighted by molar-refractivity contribution is -0.122. The number of ether oxygens (including phenoxy) is 1. The van der Waals surface area contributed by atoms with Crippen LogP contribution in [0.4, 0.5) is 5.69 Å². The van der Waals surface area contributed by atoms with E-state index in [2.05, 4.69) is 5.32 Å². The Morgan fingerprint density at radius 1 is 1.07 bits per heavy atom. The van der Waals surface area contributed by atoms with Crippen molar-refractivity contribution in [2.24, 2.45) is 5.92 Å². The molecule has 1 heterocycles. The third kappa shape index (κ3) is 4.18. The molecule has 0 unspecified atom stereocenters. The van der Waals surface area contributed by atoms with Crippen molar-refractivity contribution < 1.29 is 19.4 Å². The van der Waals surface area contributed by atoms with Gasteiger partial charge in [0.05, 0.1) is 19.3 Å². The molecule has 0 spiro atoms. The summed E-state index contributed by atoms with van der Waals surface area (Å²) < 4.78 is 5.72. The lowest BCUT2D eigenvalue weighted by Gasteiger charge is -2.41. The fraction of sp³-hybridized carbons (Fsp3) is 0.391. The Labute approximate surface area is 170 Å². The van der Waals surface area contributed by atoms with E-state index in [0.29, 0.717) is 24.4 Å². The lowest BCUT2D eigenvalue weighted by atomic mass is 9.85. The van der Waals surface area contributed by atoms with E-state index in [1.807, 2.05) is 30.3 Å². The van der Waals surface area contributed by atoms with E-state index < -0.39 is 6.10 Å². The van der Waals surface area contributed by atoms with Crippen molar-refractivity contribution in [1.82, 2.24) is 4.90 Å². The number of morpholine rings is 1. The summed E-state index contributed by atoms with van der Waals surface area (Å²) in [7, 11) is 0. The van der Waals surface area contributed by atoms with E-state index in [1.54, 1.807) is 29.2 Å². The zero-order chi connectivity index (χ0) is 20.2. The van der Waals surface area contributed by atoms with Gasteiger partial charge in [0.1, 0.15) is 6.10 Å². The molecule has 1 aliphatic carbocycles. The average molecular weight is 394 g/mol. The molecule has 1 aliphatic heterocycles.